The monoisotopic (exact) mass is 390 g/mol. The van der Waals surface area contributed by atoms with Gasteiger partial charge in [-0.05, 0) is 48.2 Å². The largest absolute Gasteiger partial charge is 0.383 e. The lowest BCUT2D eigenvalue weighted by molar-refractivity contribution is -0.126. The van der Waals surface area contributed by atoms with Crippen LogP contribution in [0.4, 0.5) is 11.6 Å². The fourth-order valence-electron chi connectivity index (χ4n) is 3.16. The van der Waals surface area contributed by atoms with E-state index in [1.165, 1.54) is 0 Å². The fourth-order valence-corrected chi connectivity index (χ4v) is 3.16. The molecule has 150 valence electrons. The minimum atomic E-state index is -1.06. The van der Waals surface area contributed by atoms with Crippen molar-refractivity contribution in [3.05, 3.63) is 73.1 Å². The number of unbranched alkanes of at least 4 members (excludes halogenated alkanes) is 2. The Hall–Kier alpha value is -3.25. The minimum absolute atomic E-state index is 0.390. The highest BCUT2D eigenvalue weighted by atomic mass is 16.3. The summed E-state index contributed by atoms with van der Waals surface area (Å²) < 4.78 is 0. The zero-order chi connectivity index (χ0) is 20.5. The van der Waals surface area contributed by atoms with Crippen LogP contribution in [0.3, 0.4) is 0 Å². The third-order valence-corrected chi connectivity index (χ3v) is 4.74. The first-order valence-electron chi connectivity index (χ1n) is 9.82. The summed E-state index contributed by atoms with van der Waals surface area (Å²) in [5, 5.41) is 9.52. The number of hydrogen-bond acceptors (Lipinski definition) is 5. The Morgan fingerprint density at radius 1 is 0.897 bits per heavy atom. The van der Waals surface area contributed by atoms with Crippen molar-refractivity contribution in [2.75, 3.05) is 11.4 Å². The maximum atomic E-state index is 10.9. The first kappa shape index (κ1) is 20.5. The topological polar surface area (TPSA) is 92.3 Å². The molecule has 0 aliphatic rings. The molecule has 0 spiro atoms. The van der Waals surface area contributed by atoms with Crippen molar-refractivity contribution in [2.24, 2.45) is 5.73 Å². The van der Waals surface area contributed by atoms with Gasteiger partial charge in [-0.2, -0.15) is 0 Å². The molecule has 0 aliphatic heterocycles. The van der Waals surface area contributed by atoms with Crippen molar-refractivity contribution in [1.29, 1.82) is 0 Å². The van der Waals surface area contributed by atoms with Gasteiger partial charge in [0, 0.05) is 18.9 Å². The number of aliphatic hydroxyl groups excluding tert-OH is 1. The summed E-state index contributed by atoms with van der Waals surface area (Å²) in [5.74, 6) is 1.01. The molecule has 3 rings (SSSR count). The number of amides is 1. The number of rotatable bonds is 10. The van der Waals surface area contributed by atoms with Crippen LogP contribution in [0.1, 0.15) is 25.7 Å². The van der Waals surface area contributed by atoms with E-state index in [9.17, 15) is 9.90 Å². The average Bonchev–Trinajstić information content (AvgIpc) is 2.77. The van der Waals surface area contributed by atoms with Gasteiger partial charge in [-0.3, -0.25) is 4.79 Å². The summed E-state index contributed by atoms with van der Waals surface area (Å²) in [6.45, 7) is 0.731. The molecule has 6 nitrogen and oxygen atoms in total. The van der Waals surface area contributed by atoms with Crippen LogP contribution >= 0.6 is 0 Å². The number of carbonyl (C=O) groups is 1. The maximum Gasteiger partial charge on any atom is 0.246 e. The van der Waals surface area contributed by atoms with Crippen molar-refractivity contribution in [2.45, 2.75) is 31.8 Å². The molecule has 0 saturated carbocycles. The van der Waals surface area contributed by atoms with Crippen LogP contribution in [0.2, 0.25) is 0 Å². The van der Waals surface area contributed by atoms with E-state index in [-0.39, 0.29) is 0 Å². The third kappa shape index (κ3) is 5.86. The summed E-state index contributed by atoms with van der Waals surface area (Å²) in [5.41, 5.74) is 7.33. The van der Waals surface area contributed by atoms with E-state index < -0.39 is 12.0 Å². The van der Waals surface area contributed by atoms with Gasteiger partial charge in [0.1, 0.15) is 17.7 Å². The first-order chi connectivity index (χ1) is 14.1. The number of nitrogens with two attached hydrogens (primary N) is 1. The van der Waals surface area contributed by atoms with E-state index in [0.717, 1.165) is 48.6 Å². The molecule has 29 heavy (non-hydrogen) atoms. The molecule has 1 aromatic carbocycles. The van der Waals surface area contributed by atoms with Gasteiger partial charge in [0.2, 0.25) is 5.91 Å². The molecule has 1 unspecified atom stereocenters. The SMILES string of the molecule is NC(=O)C(O)CCCCCN(c1ccccn1)c1cc(-c2ccccc2)ccn1. The molecular weight excluding hydrogens is 364 g/mol. The second-order valence-electron chi connectivity index (χ2n) is 6.88. The van der Waals surface area contributed by atoms with Crippen molar-refractivity contribution in [1.82, 2.24) is 9.97 Å². The molecule has 6 heteroatoms. The number of anilines is 2. The van der Waals surface area contributed by atoms with E-state index in [1.807, 2.05) is 48.7 Å². The molecule has 3 aromatic rings. The lowest BCUT2D eigenvalue weighted by Gasteiger charge is -2.23. The zero-order valence-electron chi connectivity index (χ0n) is 16.3. The molecular formula is C23H26N4O2. The molecule has 0 bridgehead atoms. The summed E-state index contributed by atoms with van der Waals surface area (Å²) in [6.07, 6.45) is 5.39. The lowest BCUT2D eigenvalue weighted by Crippen LogP contribution is -2.28. The Morgan fingerprint density at radius 2 is 1.66 bits per heavy atom. The van der Waals surface area contributed by atoms with Gasteiger partial charge < -0.3 is 15.7 Å². The highest BCUT2D eigenvalue weighted by Crippen LogP contribution is 2.27. The van der Waals surface area contributed by atoms with Gasteiger partial charge in [-0.25, -0.2) is 9.97 Å². The normalized spacial score (nSPS) is 11.8. The molecule has 0 aliphatic carbocycles. The molecule has 0 fully saturated rings. The van der Waals surface area contributed by atoms with Crippen LogP contribution in [0.5, 0.6) is 0 Å². The number of pyridine rings is 2. The molecule has 0 saturated heterocycles. The van der Waals surface area contributed by atoms with Crippen molar-refractivity contribution < 1.29 is 9.90 Å². The average molecular weight is 390 g/mol. The quantitative estimate of drug-likeness (QED) is 0.515. The van der Waals surface area contributed by atoms with Gasteiger partial charge >= 0.3 is 0 Å². The second kappa shape index (κ2) is 10.3. The standard InChI is InChI=1S/C23H26N4O2/c24-23(29)20(28)11-5-2-8-16-27(21-12-6-7-14-25-21)22-17-19(13-15-26-22)18-9-3-1-4-10-18/h1,3-4,6-7,9-10,12-15,17,20,28H,2,5,8,11,16H2,(H2,24,29). The highest BCUT2D eigenvalue weighted by Gasteiger charge is 2.14. The molecule has 1 atom stereocenters. The van der Waals surface area contributed by atoms with Crippen molar-refractivity contribution in [3.63, 3.8) is 0 Å². The van der Waals surface area contributed by atoms with Crippen molar-refractivity contribution >= 4 is 17.5 Å². The number of aromatic nitrogens is 2. The fraction of sp³-hybridized carbons (Fsp3) is 0.261. The van der Waals surface area contributed by atoms with Crippen LogP contribution in [0.25, 0.3) is 11.1 Å². The van der Waals surface area contributed by atoms with Gasteiger partial charge in [0.25, 0.3) is 0 Å². The van der Waals surface area contributed by atoms with Crippen LogP contribution in [0, 0.1) is 0 Å². The number of carbonyl (C=O) groups excluding carboxylic acids is 1. The van der Waals surface area contributed by atoms with E-state index in [2.05, 4.69) is 33.1 Å². The number of aliphatic hydroxyl groups is 1. The maximum absolute atomic E-state index is 10.9. The smallest absolute Gasteiger partial charge is 0.246 e. The molecule has 2 aromatic heterocycles. The highest BCUT2D eigenvalue weighted by molar-refractivity contribution is 5.78. The van der Waals surface area contributed by atoms with Gasteiger partial charge in [-0.1, -0.05) is 49.2 Å². The Bertz CT molecular complexity index is 903. The predicted molar refractivity (Wildman–Crippen MR) is 115 cm³/mol. The van der Waals surface area contributed by atoms with Crippen LogP contribution in [-0.2, 0) is 4.79 Å². The summed E-state index contributed by atoms with van der Waals surface area (Å²) in [7, 11) is 0. The molecule has 3 N–H and O–H groups in total. The summed E-state index contributed by atoms with van der Waals surface area (Å²) in [4.78, 5) is 22.1. The Balaban J connectivity index is 1.72. The Labute approximate surface area is 171 Å². The number of nitrogens with zero attached hydrogens (tertiary/aromatic N) is 3. The summed E-state index contributed by atoms with van der Waals surface area (Å²) in [6, 6.07) is 20.1. The minimum Gasteiger partial charge on any atom is -0.383 e. The van der Waals surface area contributed by atoms with E-state index in [0.29, 0.717) is 6.42 Å². The zero-order valence-corrected chi connectivity index (χ0v) is 16.3. The lowest BCUT2D eigenvalue weighted by atomic mass is 10.1. The van der Waals surface area contributed by atoms with E-state index >= 15 is 0 Å². The van der Waals surface area contributed by atoms with Crippen molar-refractivity contribution in [3.8, 4) is 11.1 Å². The summed E-state index contributed by atoms with van der Waals surface area (Å²) >= 11 is 0. The van der Waals surface area contributed by atoms with Crippen LogP contribution < -0.4 is 10.6 Å². The third-order valence-electron chi connectivity index (χ3n) is 4.74. The number of benzene rings is 1. The Kier molecular flexibility index (Phi) is 7.30. The van der Waals surface area contributed by atoms with Gasteiger partial charge in [0.15, 0.2) is 0 Å². The molecule has 2 heterocycles. The van der Waals surface area contributed by atoms with E-state index in [1.54, 1.807) is 6.20 Å². The number of primary amides is 1. The van der Waals surface area contributed by atoms with Gasteiger partial charge in [0.05, 0.1) is 0 Å². The van der Waals surface area contributed by atoms with Gasteiger partial charge in [-0.15, -0.1) is 0 Å². The number of hydrogen-bond donors (Lipinski definition) is 2. The Morgan fingerprint density at radius 3 is 2.38 bits per heavy atom. The predicted octanol–water partition coefficient (Wildman–Crippen LogP) is 3.69. The second-order valence-corrected chi connectivity index (χ2v) is 6.88. The molecule has 1 amide bonds. The molecule has 0 radical (unpaired) electrons. The van der Waals surface area contributed by atoms with E-state index in [4.69, 9.17) is 5.73 Å². The van der Waals surface area contributed by atoms with Crippen LogP contribution in [0.15, 0.2) is 73.1 Å². The first-order valence-corrected chi connectivity index (χ1v) is 9.82. The van der Waals surface area contributed by atoms with Crippen LogP contribution in [-0.4, -0.2) is 33.6 Å².